The Balaban J connectivity index is 1.40. The summed E-state index contributed by atoms with van der Waals surface area (Å²) in [4.78, 5) is 26.1. The van der Waals surface area contributed by atoms with Crippen molar-refractivity contribution in [2.24, 2.45) is 0 Å². The summed E-state index contributed by atoms with van der Waals surface area (Å²) in [5, 5.41) is 6.18. The van der Waals surface area contributed by atoms with Crippen LogP contribution in [0.1, 0.15) is 5.56 Å². The average molecular weight is 387 g/mol. The fraction of sp³-hybridized carbons (Fsp3) is 0.130. The Morgan fingerprint density at radius 3 is 2.41 bits per heavy atom. The van der Waals surface area contributed by atoms with Gasteiger partial charge in [-0.05, 0) is 61.0 Å². The van der Waals surface area contributed by atoms with Gasteiger partial charge in [0.2, 0.25) is 5.91 Å². The summed E-state index contributed by atoms with van der Waals surface area (Å²) in [5.74, 6) is -0.0857. The molecular weight excluding hydrogens is 366 g/mol. The normalized spacial score (nSPS) is 12.7. The first-order chi connectivity index (χ1) is 14.1. The van der Waals surface area contributed by atoms with Gasteiger partial charge in [0.05, 0.1) is 12.2 Å². The van der Waals surface area contributed by atoms with Crippen molar-refractivity contribution in [2.75, 3.05) is 28.6 Å². The molecule has 0 bridgehead atoms. The highest BCUT2D eigenvalue weighted by atomic mass is 16.5. The van der Waals surface area contributed by atoms with Crippen LogP contribution in [-0.4, -0.2) is 25.0 Å². The molecule has 3 aromatic rings. The Kier molecular flexibility index (Phi) is 5.16. The third-order valence-corrected chi connectivity index (χ3v) is 4.56. The maximum absolute atomic E-state index is 12.5. The van der Waals surface area contributed by atoms with Crippen LogP contribution in [0.4, 0.5) is 22.7 Å². The van der Waals surface area contributed by atoms with Crippen molar-refractivity contribution in [3.8, 4) is 5.75 Å². The van der Waals surface area contributed by atoms with Crippen molar-refractivity contribution in [1.29, 1.82) is 0 Å². The van der Waals surface area contributed by atoms with Crippen LogP contribution in [0.5, 0.6) is 5.75 Å². The molecule has 4 rings (SSSR count). The van der Waals surface area contributed by atoms with Crippen molar-refractivity contribution in [1.82, 2.24) is 0 Å². The molecule has 1 heterocycles. The lowest BCUT2D eigenvalue weighted by Gasteiger charge is -2.29. The Hall–Kier alpha value is -3.80. The molecule has 6 heteroatoms. The average Bonchev–Trinajstić information content (AvgIpc) is 2.71. The van der Waals surface area contributed by atoms with Gasteiger partial charge in [-0.15, -0.1) is 0 Å². The van der Waals surface area contributed by atoms with E-state index in [-0.39, 0.29) is 25.0 Å². The minimum atomic E-state index is -0.370. The van der Waals surface area contributed by atoms with Gasteiger partial charge < -0.3 is 20.3 Å². The number of para-hydroxylation sites is 1. The molecule has 0 radical (unpaired) electrons. The zero-order chi connectivity index (χ0) is 20.2. The van der Waals surface area contributed by atoms with Gasteiger partial charge in [0.15, 0.2) is 5.75 Å². The van der Waals surface area contributed by atoms with Gasteiger partial charge in [0, 0.05) is 17.1 Å². The summed E-state index contributed by atoms with van der Waals surface area (Å²) >= 11 is 0. The van der Waals surface area contributed by atoms with Crippen molar-refractivity contribution in [3.05, 3.63) is 78.4 Å². The first-order valence-electron chi connectivity index (χ1n) is 9.35. The molecule has 0 aromatic heterocycles. The second-order valence-electron chi connectivity index (χ2n) is 6.92. The first-order valence-corrected chi connectivity index (χ1v) is 9.35. The maximum atomic E-state index is 12.5. The standard InChI is InChI=1S/C23H21N3O3/c1-16-7-12-21-20(13-16)26(15-23(28)29-21)14-22(27)25-19-10-8-18(9-11-19)24-17-5-3-2-4-6-17/h2-13,24H,14-15H2,1H3,(H,25,27). The highest BCUT2D eigenvalue weighted by Crippen LogP contribution is 2.32. The van der Waals surface area contributed by atoms with Crippen LogP contribution in [0.15, 0.2) is 72.8 Å². The lowest BCUT2D eigenvalue weighted by atomic mass is 10.1. The molecule has 146 valence electrons. The predicted octanol–water partition coefficient (Wildman–Crippen LogP) is 4.10. The molecule has 2 N–H and O–H groups in total. The molecule has 0 unspecified atom stereocenters. The number of carbonyl (C=O) groups excluding carboxylic acids is 2. The number of nitrogens with one attached hydrogen (secondary N) is 2. The molecule has 0 atom stereocenters. The minimum Gasteiger partial charge on any atom is -0.423 e. The van der Waals surface area contributed by atoms with Crippen molar-refractivity contribution in [3.63, 3.8) is 0 Å². The van der Waals surface area contributed by atoms with Crippen LogP contribution in [0.2, 0.25) is 0 Å². The van der Waals surface area contributed by atoms with E-state index in [0.717, 1.165) is 22.6 Å². The van der Waals surface area contributed by atoms with Crippen LogP contribution < -0.4 is 20.3 Å². The maximum Gasteiger partial charge on any atom is 0.331 e. The van der Waals surface area contributed by atoms with E-state index in [1.807, 2.05) is 73.7 Å². The Labute approximate surface area is 169 Å². The van der Waals surface area contributed by atoms with Gasteiger partial charge in [-0.25, -0.2) is 4.79 Å². The topological polar surface area (TPSA) is 70.7 Å². The Bertz CT molecular complexity index is 1030. The highest BCUT2D eigenvalue weighted by molar-refractivity contribution is 5.96. The Morgan fingerprint density at radius 2 is 1.66 bits per heavy atom. The number of carbonyl (C=O) groups is 2. The molecule has 1 amide bonds. The number of aryl methyl sites for hydroxylation is 1. The van der Waals surface area contributed by atoms with E-state index in [9.17, 15) is 9.59 Å². The van der Waals surface area contributed by atoms with Crippen LogP contribution in [-0.2, 0) is 9.59 Å². The highest BCUT2D eigenvalue weighted by Gasteiger charge is 2.25. The van der Waals surface area contributed by atoms with Crippen LogP contribution in [0.25, 0.3) is 0 Å². The van der Waals surface area contributed by atoms with E-state index in [1.165, 1.54) is 0 Å². The molecule has 0 saturated heterocycles. The second-order valence-corrected chi connectivity index (χ2v) is 6.92. The largest absolute Gasteiger partial charge is 0.423 e. The SMILES string of the molecule is Cc1ccc2c(c1)N(CC(=O)Nc1ccc(Nc3ccccc3)cc1)CC(=O)O2. The lowest BCUT2D eigenvalue weighted by molar-refractivity contribution is -0.133. The van der Waals surface area contributed by atoms with Gasteiger partial charge in [0.1, 0.15) is 6.54 Å². The summed E-state index contributed by atoms with van der Waals surface area (Å²) in [6, 6.07) is 22.9. The van der Waals surface area contributed by atoms with Gasteiger partial charge in [-0.3, -0.25) is 4.79 Å². The van der Waals surface area contributed by atoms with Crippen molar-refractivity contribution in [2.45, 2.75) is 6.92 Å². The number of fused-ring (bicyclic) bond motifs is 1. The number of benzene rings is 3. The van der Waals surface area contributed by atoms with E-state index in [4.69, 9.17) is 4.74 Å². The number of esters is 1. The van der Waals surface area contributed by atoms with Crippen molar-refractivity contribution < 1.29 is 14.3 Å². The molecule has 3 aromatic carbocycles. The fourth-order valence-corrected chi connectivity index (χ4v) is 3.20. The lowest BCUT2D eigenvalue weighted by Crippen LogP contribution is -2.41. The number of hydrogen-bond acceptors (Lipinski definition) is 5. The number of amides is 1. The summed E-state index contributed by atoms with van der Waals surface area (Å²) in [5.41, 5.74) is 4.40. The van der Waals surface area contributed by atoms with E-state index in [2.05, 4.69) is 10.6 Å². The molecular formula is C23H21N3O3. The van der Waals surface area contributed by atoms with E-state index in [0.29, 0.717) is 11.4 Å². The van der Waals surface area contributed by atoms with Gasteiger partial charge in [-0.2, -0.15) is 0 Å². The second kappa shape index (κ2) is 8.06. The predicted molar refractivity (Wildman–Crippen MR) is 114 cm³/mol. The minimum absolute atomic E-state index is 0.0454. The molecule has 6 nitrogen and oxygen atoms in total. The van der Waals surface area contributed by atoms with Crippen LogP contribution in [0.3, 0.4) is 0 Å². The summed E-state index contributed by atoms with van der Waals surface area (Å²) in [6.45, 7) is 2.07. The first kappa shape index (κ1) is 18.6. The van der Waals surface area contributed by atoms with Crippen molar-refractivity contribution >= 4 is 34.6 Å². The third-order valence-electron chi connectivity index (χ3n) is 4.56. The monoisotopic (exact) mass is 387 g/mol. The summed E-state index contributed by atoms with van der Waals surface area (Å²) < 4.78 is 5.26. The molecule has 0 saturated carbocycles. The zero-order valence-corrected chi connectivity index (χ0v) is 16.0. The molecule has 29 heavy (non-hydrogen) atoms. The van der Waals surface area contributed by atoms with Gasteiger partial charge >= 0.3 is 5.97 Å². The quantitative estimate of drug-likeness (QED) is 0.509. The van der Waals surface area contributed by atoms with E-state index in [1.54, 1.807) is 11.0 Å². The third kappa shape index (κ3) is 4.55. The van der Waals surface area contributed by atoms with E-state index < -0.39 is 0 Å². The number of rotatable bonds is 5. The zero-order valence-electron chi connectivity index (χ0n) is 16.0. The van der Waals surface area contributed by atoms with Crippen LogP contribution >= 0.6 is 0 Å². The summed E-state index contributed by atoms with van der Waals surface area (Å²) in [7, 11) is 0. The summed E-state index contributed by atoms with van der Waals surface area (Å²) in [6.07, 6.45) is 0. The number of hydrogen-bond donors (Lipinski definition) is 2. The Morgan fingerprint density at radius 1 is 0.966 bits per heavy atom. The number of anilines is 4. The van der Waals surface area contributed by atoms with Gasteiger partial charge in [-0.1, -0.05) is 24.3 Å². The van der Waals surface area contributed by atoms with E-state index >= 15 is 0 Å². The number of ether oxygens (including phenoxy) is 1. The number of nitrogens with zero attached hydrogens (tertiary/aromatic N) is 1. The molecule has 0 spiro atoms. The molecule has 0 fully saturated rings. The molecule has 0 aliphatic carbocycles. The molecule has 1 aliphatic heterocycles. The molecule has 1 aliphatic rings. The van der Waals surface area contributed by atoms with Gasteiger partial charge in [0.25, 0.3) is 0 Å². The van der Waals surface area contributed by atoms with Crippen LogP contribution in [0, 0.1) is 6.92 Å². The smallest absolute Gasteiger partial charge is 0.331 e. The fourth-order valence-electron chi connectivity index (χ4n) is 3.20.